The van der Waals surface area contributed by atoms with Crippen molar-refractivity contribution in [2.45, 2.75) is 69.3 Å². The average molecular weight is 400 g/mol. The maximum atomic E-state index is 5.88. The second kappa shape index (κ2) is 8.03. The Morgan fingerprint density at radius 1 is 1.00 bits per heavy atom. The molecule has 0 bridgehead atoms. The molecule has 3 aliphatic heterocycles. The Bertz CT molecular complexity index is 716. The van der Waals surface area contributed by atoms with Crippen LogP contribution in [0.3, 0.4) is 0 Å². The first kappa shape index (κ1) is 19.6. The fraction of sp³-hybridized carbons (Fsp3) is 0.826. The summed E-state index contributed by atoms with van der Waals surface area (Å²) in [7, 11) is 4.15. The van der Waals surface area contributed by atoms with Gasteiger partial charge in [0.1, 0.15) is 5.82 Å². The summed E-state index contributed by atoms with van der Waals surface area (Å²) in [5.41, 5.74) is 3.11. The summed E-state index contributed by atoms with van der Waals surface area (Å²) < 4.78 is 5.88. The van der Waals surface area contributed by atoms with Crippen molar-refractivity contribution in [2.24, 2.45) is 0 Å². The number of hydrogen-bond acceptors (Lipinski definition) is 6. The summed E-state index contributed by atoms with van der Waals surface area (Å²) >= 11 is 0. The van der Waals surface area contributed by atoms with Gasteiger partial charge in [-0.2, -0.15) is 4.98 Å². The van der Waals surface area contributed by atoms with Crippen LogP contribution in [0.25, 0.3) is 0 Å². The van der Waals surface area contributed by atoms with E-state index in [1.165, 1.54) is 81.5 Å². The van der Waals surface area contributed by atoms with Crippen LogP contribution in [0.1, 0.15) is 62.6 Å². The van der Waals surface area contributed by atoms with Gasteiger partial charge < -0.3 is 19.4 Å². The van der Waals surface area contributed by atoms with Crippen molar-refractivity contribution in [1.29, 1.82) is 0 Å². The first-order valence-corrected chi connectivity index (χ1v) is 11.8. The van der Waals surface area contributed by atoms with Crippen molar-refractivity contribution in [2.75, 3.05) is 63.2 Å². The van der Waals surface area contributed by atoms with E-state index in [0.29, 0.717) is 6.10 Å². The SMILES string of the molecule is CN(C)c1nc(N2CCCCC2)c2c(n1)C1(CC2)CCN(CC2CCCO2)CC1. The lowest BCUT2D eigenvalue weighted by molar-refractivity contribution is 0.0547. The number of hydrogen-bond donors (Lipinski definition) is 0. The number of nitrogens with zero attached hydrogens (tertiary/aromatic N) is 5. The number of piperidine rings is 2. The van der Waals surface area contributed by atoms with Crippen LogP contribution in [0.4, 0.5) is 11.8 Å². The van der Waals surface area contributed by atoms with E-state index < -0.39 is 0 Å². The van der Waals surface area contributed by atoms with Gasteiger partial charge in [-0.3, -0.25) is 0 Å². The molecule has 3 saturated heterocycles. The fourth-order valence-electron chi connectivity index (χ4n) is 5.91. The molecule has 0 saturated carbocycles. The second-order valence-corrected chi connectivity index (χ2v) is 9.83. The smallest absolute Gasteiger partial charge is 0.227 e. The van der Waals surface area contributed by atoms with Crippen LogP contribution in [0, 0.1) is 0 Å². The lowest BCUT2D eigenvalue weighted by Gasteiger charge is -2.40. The van der Waals surface area contributed by atoms with Crippen molar-refractivity contribution in [1.82, 2.24) is 14.9 Å². The maximum absolute atomic E-state index is 5.88. The molecule has 4 aliphatic rings. The Balaban J connectivity index is 1.39. The van der Waals surface area contributed by atoms with Gasteiger partial charge in [0.2, 0.25) is 5.95 Å². The molecule has 29 heavy (non-hydrogen) atoms. The van der Waals surface area contributed by atoms with Crippen LogP contribution >= 0.6 is 0 Å². The molecule has 1 aromatic rings. The average Bonchev–Trinajstić information content (AvgIpc) is 3.38. The quantitative estimate of drug-likeness (QED) is 0.776. The Kier molecular flexibility index (Phi) is 5.41. The monoisotopic (exact) mass is 399 g/mol. The van der Waals surface area contributed by atoms with Crippen LogP contribution in [0.5, 0.6) is 0 Å². The predicted octanol–water partition coefficient (Wildman–Crippen LogP) is 2.99. The summed E-state index contributed by atoms with van der Waals surface area (Å²) in [6.45, 7) is 6.74. The summed E-state index contributed by atoms with van der Waals surface area (Å²) in [6.07, 6.45) is 11.7. The van der Waals surface area contributed by atoms with Crippen LogP contribution in [-0.2, 0) is 16.6 Å². The Morgan fingerprint density at radius 2 is 1.79 bits per heavy atom. The third-order valence-corrected chi connectivity index (χ3v) is 7.68. The minimum absolute atomic E-state index is 0.264. The summed E-state index contributed by atoms with van der Waals surface area (Å²) in [4.78, 5) is 17.5. The summed E-state index contributed by atoms with van der Waals surface area (Å²) in [6, 6.07) is 0. The number of fused-ring (bicyclic) bond motifs is 2. The van der Waals surface area contributed by atoms with E-state index in [4.69, 9.17) is 14.7 Å². The molecule has 0 radical (unpaired) electrons. The third kappa shape index (κ3) is 3.74. The molecule has 6 nitrogen and oxygen atoms in total. The predicted molar refractivity (Wildman–Crippen MR) is 117 cm³/mol. The molecule has 0 amide bonds. The summed E-state index contributed by atoms with van der Waals surface area (Å²) in [5.74, 6) is 2.14. The van der Waals surface area contributed by atoms with Crippen LogP contribution in [-0.4, -0.2) is 74.4 Å². The van der Waals surface area contributed by atoms with E-state index in [1.807, 2.05) is 0 Å². The van der Waals surface area contributed by atoms with E-state index in [2.05, 4.69) is 28.8 Å². The van der Waals surface area contributed by atoms with Crippen molar-refractivity contribution < 1.29 is 4.74 Å². The normalized spacial score (nSPS) is 26.8. The number of rotatable bonds is 4. The zero-order valence-corrected chi connectivity index (χ0v) is 18.3. The molecule has 1 aliphatic carbocycles. The van der Waals surface area contributed by atoms with Crippen molar-refractivity contribution in [3.05, 3.63) is 11.3 Å². The van der Waals surface area contributed by atoms with Gasteiger partial charge in [0.05, 0.1) is 11.8 Å². The van der Waals surface area contributed by atoms with Crippen molar-refractivity contribution >= 4 is 11.8 Å². The third-order valence-electron chi connectivity index (χ3n) is 7.68. The van der Waals surface area contributed by atoms with E-state index in [-0.39, 0.29) is 5.41 Å². The molecule has 3 fully saturated rings. The first-order chi connectivity index (χ1) is 14.1. The zero-order chi connectivity index (χ0) is 19.8. The van der Waals surface area contributed by atoms with E-state index in [0.717, 1.165) is 38.6 Å². The van der Waals surface area contributed by atoms with Gasteiger partial charge in [-0.05, 0) is 70.9 Å². The maximum Gasteiger partial charge on any atom is 0.227 e. The molecule has 4 heterocycles. The number of ether oxygens (including phenoxy) is 1. The first-order valence-electron chi connectivity index (χ1n) is 11.8. The molecule has 1 unspecified atom stereocenters. The molecule has 1 spiro atoms. The number of anilines is 2. The highest BCUT2D eigenvalue weighted by molar-refractivity contribution is 5.57. The molecular weight excluding hydrogens is 362 g/mol. The Hall–Kier alpha value is -1.40. The van der Waals surface area contributed by atoms with Crippen molar-refractivity contribution in [3.63, 3.8) is 0 Å². The van der Waals surface area contributed by atoms with Gasteiger partial charge in [-0.15, -0.1) is 0 Å². The molecule has 1 aromatic heterocycles. The zero-order valence-electron chi connectivity index (χ0n) is 18.3. The minimum Gasteiger partial charge on any atom is -0.377 e. The number of aromatic nitrogens is 2. The standard InChI is InChI=1S/C23H37N5O/c1-26(2)22-24-20-19(21(25-22)28-12-4-3-5-13-28)8-9-23(20)10-14-27(15-11-23)17-18-7-6-16-29-18/h18H,3-17H2,1-2H3. The van der Waals surface area contributed by atoms with Gasteiger partial charge in [0.25, 0.3) is 0 Å². The fourth-order valence-corrected chi connectivity index (χ4v) is 5.91. The van der Waals surface area contributed by atoms with Gasteiger partial charge in [-0.25, -0.2) is 4.98 Å². The Labute approximate surface area is 175 Å². The second-order valence-electron chi connectivity index (χ2n) is 9.83. The largest absolute Gasteiger partial charge is 0.377 e. The molecule has 0 N–H and O–H groups in total. The van der Waals surface area contributed by atoms with Crippen LogP contribution < -0.4 is 9.80 Å². The van der Waals surface area contributed by atoms with E-state index in [9.17, 15) is 0 Å². The van der Waals surface area contributed by atoms with Gasteiger partial charge in [0, 0.05) is 51.3 Å². The molecular formula is C23H37N5O. The lowest BCUT2D eigenvalue weighted by Crippen LogP contribution is -2.44. The molecule has 1 atom stereocenters. The minimum atomic E-state index is 0.264. The highest BCUT2D eigenvalue weighted by Gasteiger charge is 2.45. The molecule has 6 heteroatoms. The molecule has 0 aromatic carbocycles. The van der Waals surface area contributed by atoms with Crippen LogP contribution in [0.15, 0.2) is 0 Å². The number of likely N-dealkylation sites (tertiary alicyclic amines) is 1. The van der Waals surface area contributed by atoms with Gasteiger partial charge in [-0.1, -0.05) is 0 Å². The van der Waals surface area contributed by atoms with E-state index >= 15 is 0 Å². The highest BCUT2D eigenvalue weighted by Crippen LogP contribution is 2.48. The topological polar surface area (TPSA) is 44.7 Å². The Morgan fingerprint density at radius 3 is 2.48 bits per heavy atom. The molecule has 5 rings (SSSR count). The lowest BCUT2D eigenvalue weighted by atomic mass is 9.76. The van der Waals surface area contributed by atoms with E-state index in [1.54, 1.807) is 0 Å². The van der Waals surface area contributed by atoms with Gasteiger partial charge >= 0.3 is 0 Å². The molecule has 160 valence electrons. The summed E-state index contributed by atoms with van der Waals surface area (Å²) in [5, 5.41) is 0. The van der Waals surface area contributed by atoms with Crippen LogP contribution in [0.2, 0.25) is 0 Å². The van der Waals surface area contributed by atoms with Crippen molar-refractivity contribution in [3.8, 4) is 0 Å². The van der Waals surface area contributed by atoms with Gasteiger partial charge in [0.15, 0.2) is 0 Å². The highest BCUT2D eigenvalue weighted by atomic mass is 16.5.